The average Bonchev–Trinajstić information content (AvgIpc) is 3.16. The van der Waals surface area contributed by atoms with Crippen molar-refractivity contribution in [3.8, 4) is 0 Å². The van der Waals surface area contributed by atoms with Crippen molar-refractivity contribution in [2.24, 2.45) is 39.4 Å². The van der Waals surface area contributed by atoms with E-state index in [0.717, 1.165) is 36.8 Å². The zero-order valence-corrected chi connectivity index (χ0v) is 26.5. The van der Waals surface area contributed by atoms with Gasteiger partial charge in [0.1, 0.15) is 5.78 Å². The highest BCUT2D eigenvalue weighted by Gasteiger charge is 2.69. The molecule has 0 aromatic heterocycles. The maximum absolute atomic E-state index is 13.0. The number of hydrogen-bond donors (Lipinski definition) is 3. The molecule has 4 aliphatic carbocycles. The Labute approximate surface area is 241 Å². The number of methoxy groups -OCH3 is 1. The summed E-state index contributed by atoms with van der Waals surface area (Å²) in [6, 6.07) is 0. The lowest BCUT2D eigenvalue weighted by Gasteiger charge is -2.68. The van der Waals surface area contributed by atoms with Gasteiger partial charge in [0, 0.05) is 25.9 Å². The van der Waals surface area contributed by atoms with Gasteiger partial charge in [0.05, 0.1) is 23.9 Å². The number of ketones is 1. The highest BCUT2D eigenvalue weighted by Crippen LogP contribution is 2.74. The fourth-order valence-electron chi connectivity index (χ4n) is 10.3. The number of Topliss-reactive ketones (excluding diaryl/α,β-unsaturated/α-hetero) is 1. The van der Waals surface area contributed by atoms with Gasteiger partial charge in [-0.1, -0.05) is 41.5 Å². The zero-order valence-electron chi connectivity index (χ0n) is 26.5. The van der Waals surface area contributed by atoms with Crippen molar-refractivity contribution in [3.05, 3.63) is 11.1 Å². The van der Waals surface area contributed by atoms with Crippen LogP contribution >= 0.6 is 0 Å². The smallest absolute Gasteiger partial charge is 0.303 e. The van der Waals surface area contributed by atoms with E-state index >= 15 is 0 Å². The van der Waals surface area contributed by atoms with Crippen LogP contribution in [0.2, 0.25) is 0 Å². The van der Waals surface area contributed by atoms with E-state index in [1.54, 1.807) is 7.11 Å². The Morgan fingerprint density at radius 2 is 1.75 bits per heavy atom. The summed E-state index contributed by atoms with van der Waals surface area (Å²) in [5.41, 5.74) is -0.0733. The quantitative estimate of drug-likeness (QED) is 0.296. The van der Waals surface area contributed by atoms with Crippen molar-refractivity contribution in [2.75, 3.05) is 7.11 Å². The molecule has 0 heterocycles. The molecule has 7 heteroatoms. The second-order valence-corrected chi connectivity index (χ2v) is 15.5. The van der Waals surface area contributed by atoms with Gasteiger partial charge in [0.25, 0.3) is 0 Å². The number of ether oxygens (including phenoxy) is 2. The summed E-state index contributed by atoms with van der Waals surface area (Å²) < 4.78 is 11.5. The molecule has 3 fully saturated rings. The Kier molecular flexibility index (Phi) is 8.05. The SMILES string of the molecule is CO[C@H]1C[C@@]2(C)C(=C1[C@H](C)C[C@H](O)[C@@H](OC(C)=O)C(C)(C)O)[C@H](O)C[C@H]1[C@@]3(C)CCC(=O)C(C)(C)[C@@H]3CC[C@@]12C. The lowest BCUT2D eigenvalue weighted by Crippen LogP contribution is -2.64. The van der Waals surface area contributed by atoms with Gasteiger partial charge in [0.2, 0.25) is 0 Å². The molecule has 40 heavy (non-hydrogen) atoms. The molecule has 7 nitrogen and oxygen atoms in total. The van der Waals surface area contributed by atoms with E-state index in [4.69, 9.17) is 9.47 Å². The van der Waals surface area contributed by atoms with E-state index in [0.29, 0.717) is 24.5 Å². The number of aliphatic hydroxyl groups is 3. The molecule has 3 N–H and O–H groups in total. The first-order valence-corrected chi connectivity index (χ1v) is 15.3. The Balaban J connectivity index is 1.73. The van der Waals surface area contributed by atoms with E-state index in [2.05, 4.69) is 34.6 Å². The molecule has 0 spiro atoms. The molecule has 4 rings (SSSR count). The van der Waals surface area contributed by atoms with Crippen LogP contribution in [0.15, 0.2) is 11.1 Å². The molecule has 228 valence electrons. The van der Waals surface area contributed by atoms with Crippen LogP contribution in [0.4, 0.5) is 0 Å². The normalized spacial score (nSPS) is 41.5. The molecular formula is C33H54O7. The Morgan fingerprint density at radius 1 is 1.12 bits per heavy atom. The van der Waals surface area contributed by atoms with Crippen LogP contribution < -0.4 is 0 Å². The molecule has 0 saturated heterocycles. The van der Waals surface area contributed by atoms with Crippen LogP contribution in [0.1, 0.15) is 107 Å². The largest absolute Gasteiger partial charge is 0.457 e. The van der Waals surface area contributed by atoms with Crippen LogP contribution in [-0.4, -0.2) is 64.2 Å². The van der Waals surface area contributed by atoms with Gasteiger partial charge in [-0.05, 0) is 97.5 Å². The molecule has 0 aromatic carbocycles. The van der Waals surface area contributed by atoms with Gasteiger partial charge in [-0.25, -0.2) is 0 Å². The first kappa shape index (κ1) is 31.7. The minimum absolute atomic E-state index is 0.0307. The topological polar surface area (TPSA) is 113 Å². The van der Waals surface area contributed by atoms with Crippen molar-refractivity contribution in [1.29, 1.82) is 0 Å². The lowest BCUT2D eigenvalue weighted by atomic mass is 9.36. The third-order valence-electron chi connectivity index (χ3n) is 12.4. The van der Waals surface area contributed by atoms with E-state index in [1.165, 1.54) is 20.8 Å². The van der Waals surface area contributed by atoms with Gasteiger partial charge in [-0.3, -0.25) is 9.59 Å². The highest BCUT2D eigenvalue weighted by atomic mass is 16.6. The van der Waals surface area contributed by atoms with Crippen molar-refractivity contribution >= 4 is 11.8 Å². The first-order valence-electron chi connectivity index (χ1n) is 15.3. The molecule has 3 saturated carbocycles. The van der Waals surface area contributed by atoms with Crippen LogP contribution in [-0.2, 0) is 19.1 Å². The molecule has 0 unspecified atom stereocenters. The van der Waals surface area contributed by atoms with Crippen LogP contribution in [0.3, 0.4) is 0 Å². The molecule has 0 aliphatic heterocycles. The van der Waals surface area contributed by atoms with E-state index in [1.807, 2.05) is 6.92 Å². The van der Waals surface area contributed by atoms with Crippen LogP contribution in [0.25, 0.3) is 0 Å². The van der Waals surface area contributed by atoms with Gasteiger partial charge in [-0.15, -0.1) is 0 Å². The number of carbonyl (C=O) groups is 2. The molecule has 4 aliphatic rings. The van der Waals surface area contributed by atoms with Crippen molar-refractivity contribution in [3.63, 3.8) is 0 Å². The van der Waals surface area contributed by atoms with E-state index in [-0.39, 0.29) is 46.0 Å². The molecule has 10 atom stereocenters. The number of carbonyl (C=O) groups excluding carboxylic acids is 2. The number of aliphatic hydroxyl groups excluding tert-OH is 2. The zero-order chi connectivity index (χ0) is 30.2. The number of fused-ring (bicyclic) bond motifs is 5. The van der Waals surface area contributed by atoms with Gasteiger partial charge >= 0.3 is 5.97 Å². The second kappa shape index (κ2) is 10.2. The fraction of sp³-hybridized carbons (Fsp3) is 0.879. The van der Waals surface area contributed by atoms with Crippen LogP contribution in [0, 0.1) is 39.4 Å². The number of esters is 1. The third-order valence-corrected chi connectivity index (χ3v) is 12.4. The van der Waals surface area contributed by atoms with Crippen molar-refractivity contribution < 1.29 is 34.4 Å². The summed E-state index contributed by atoms with van der Waals surface area (Å²) in [5.74, 6) is 0.229. The molecule has 0 radical (unpaired) electrons. The standard InChI is InChI=1S/C33H54O7/c1-18(15-21(36)28(30(5,6)38)40-19(2)34)26-22(39-10)17-33(9)27(26)20(35)16-24-31(7)13-12-25(37)29(3,4)23(31)11-14-32(24,33)8/h18,20-24,28,35-36,38H,11-17H2,1-10H3/t18-,20-,21+,22+,23+,24+,28-,31+,32+,33+/m1/s1. The summed E-state index contributed by atoms with van der Waals surface area (Å²) in [6.07, 6.45) is 2.17. The van der Waals surface area contributed by atoms with Crippen LogP contribution in [0.5, 0.6) is 0 Å². The maximum Gasteiger partial charge on any atom is 0.303 e. The molecule has 0 bridgehead atoms. The number of rotatable bonds is 7. The summed E-state index contributed by atoms with van der Waals surface area (Å²) in [6.45, 7) is 17.7. The lowest BCUT2D eigenvalue weighted by molar-refractivity contribution is -0.191. The van der Waals surface area contributed by atoms with Gasteiger partial charge in [0.15, 0.2) is 6.10 Å². The summed E-state index contributed by atoms with van der Waals surface area (Å²) >= 11 is 0. The fourth-order valence-corrected chi connectivity index (χ4v) is 10.3. The number of hydrogen-bond acceptors (Lipinski definition) is 7. The first-order chi connectivity index (χ1) is 18.3. The summed E-state index contributed by atoms with van der Waals surface area (Å²) in [5, 5.41) is 33.8. The van der Waals surface area contributed by atoms with Crippen molar-refractivity contribution in [1.82, 2.24) is 0 Å². The van der Waals surface area contributed by atoms with Crippen molar-refractivity contribution in [2.45, 2.75) is 137 Å². The third kappa shape index (κ3) is 4.62. The Morgan fingerprint density at radius 3 is 2.30 bits per heavy atom. The maximum atomic E-state index is 13.0. The summed E-state index contributed by atoms with van der Waals surface area (Å²) in [4.78, 5) is 24.7. The minimum Gasteiger partial charge on any atom is -0.457 e. The van der Waals surface area contributed by atoms with E-state index < -0.39 is 29.9 Å². The predicted octanol–water partition coefficient (Wildman–Crippen LogP) is 4.99. The Bertz CT molecular complexity index is 1060. The predicted molar refractivity (Wildman–Crippen MR) is 153 cm³/mol. The highest BCUT2D eigenvalue weighted by molar-refractivity contribution is 5.85. The summed E-state index contributed by atoms with van der Waals surface area (Å²) in [7, 11) is 1.72. The molecule has 0 amide bonds. The molecule has 0 aromatic rings. The monoisotopic (exact) mass is 562 g/mol. The van der Waals surface area contributed by atoms with E-state index in [9.17, 15) is 24.9 Å². The Hall–Kier alpha value is -1.28. The minimum atomic E-state index is -1.41. The average molecular weight is 563 g/mol. The second-order valence-electron chi connectivity index (χ2n) is 15.5. The van der Waals surface area contributed by atoms with Gasteiger partial charge in [-0.2, -0.15) is 0 Å². The van der Waals surface area contributed by atoms with Gasteiger partial charge < -0.3 is 24.8 Å². The molecular weight excluding hydrogens is 508 g/mol.